The van der Waals surface area contributed by atoms with E-state index in [9.17, 15) is 9.18 Å². The fraction of sp³-hybridized carbons (Fsp3) is 0.533. The van der Waals surface area contributed by atoms with E-state index >= 15 is 0 Å². The molecule has 0 heterocycles. The Kier molecular flexibility index (Phi) is 3.84. The summed E-state index contributed by atoms with van der Waals surface area (Å²) < 4.78 is 14.2. The molecule has 1 aromatic rings. The van der Waals surface area contributed by atoms with Gasteiger partial charge in [0.25, 0.3) is 0 Å². The lowest BCUT2D eigenvalue weighted by Crippen LogP contribution is -2.29. The molecule has 18 heavy (non-hydrogen) atoms. The molecule has 0 aliphatic heterocycles. The standard InChI is InChI=1S/C15H21FO2/c1-14(2,3)11-8-6-10(7-9-11)12(16)15(4,5)13(17)18/h6-9,12H,1-5H3,(H,17,18). The van der Waals surface area contributed by atoms with Crippen molar-refractivity contribution in [3.05, 3.63) is 35.4 Å². The second-order valence-corrected chi connectivity index (χ2v) is 6.26. The topological polar surface area (TPSA) is 37.3 Å². The molecule has 0 aliphatic carbocycles. The average Bonchev–Trinajstić information content (AvgIpc) is 2.26. The molecule has 1 unspecified atom stereocenters. The fourth-order valence-electron chi connectivity index (χ4n) is 1.68. The zero-order valence-corrected chi connectivity index (χ0v) is 11.6. The minimum absolute atomic E-state index is 0.00660. The Morgan fingerprint density at radius 2 is 1.56 bits per heavy atom. The van der Waals surface area contributed by atoms with Gasteiger partial charge >= 0.3 is 5.97 Å². The third-order valence-corrected chi connectivity index (χ3v) is 3.25. The van der Waals surface area contributed by atoms with Crippen LogP contribution in [-0.2, 0) is 10.2 Å². The number of carboxylic acid groups (broad SMARTS) is 1. The van der Waals surface area contributed by atoms with Crippen LogP contribution < -0.4 is 0 Å². The number of rotatable bonds is 3. The zero-order valence-electron chi connectivity index (χ0n) is 11.6. The first kappa shape index (κ1) is 14.7. The van der Waals surface area contributed by atoms with Gasteiger partial charge in [-0.3, -0.25) is 4.79 Å². The van der Waals surface area contributed by atoms with E-state index in [0.29, 0.717) is 5.56 Å². The van der Waals surface area contributed by atoms with Crippen molar-refractivity contribution in [1.29, 1.82) is 0 Å². The van der Waals surface area contributed by atoms with Crippen LogP contribution in [0.1, 0.15) is 51.9 Å². The van der Waals surface area contributed by atoms with E-state index in [0.717, 1.165) is 5.56 Å². The Hall–Kier alpha value is -1.38. The lowest BCUT2D eigenvalue weighted by Gasteiger charge is -2.25. The molecule has 0 aliphatic rings. The van der Waals surface area contributed by atoms with Crippen LogP contribution in [0, 0.1) is 5.41 Å². The van der Waals surface area contributed by atoms with Crippen molar-refractivity contribution in [3.63, 3.8) is 0 Å². The highest BCUT2D eigenvalue weighted by molar-refractivity contribution is 5.74. The van der Waals surface area contributed by atoms with E-state index < -0.39 is 17.6 Å². The van der Waals surface area contributed by atoms with Crippen LogP contribution in [0.2, 0.25) is 0 Å². The first-order valence-electron chi connectivity index (χ1n) is 6.04. The summed E-state index contributed by atoms with van der Waals surface area (Å²) in [5.74, 6) is -1.13. The van der Waals surface area contributed by atoms with Crippen molar-refractivity contribution in [2.45, 2.75) is 46.2 Å². The molecule has 100 valence electrons. The van der Waals surface area contributed by atoms with Crippen LogP contribution in [0.25, 0.3) is 0 Å². The van der Waals surface area contributed by atoms with Crippen LogP contribution in [0.3, 0.4) is 0 Å². The van der Waals surface area contributed by atoms with Crippen LogP contribution >= 0.6 is 0 Å². The molecule has 2 nitrogen and oxygen atoms in total. The molecule has 0 amide bonds. The number of alkyl halides is 1. The smallest absolute Gasteiger partial charge is 0.312 e. The summed E-state index contributed by atoms with van der Waals surface area (Å²) in [4.78, 5) is 11.0. The molecule has 0 fully saturated rings. The second kappa shape index (κ2) is 4.71. The molecule has 0 saturated heterocycles. The molecule has 1 N–H and O–H groups in total. The van der Waals surface area contributed by atoms with Crippen molar-refractivity contribution < 1.29 is 14.3 Å². The molecule has 0 bridgehead atoms. The van der Waals surface area contributed by atoms with Crippen molar-refractivity contribution in [2.75, 3.05) is 0 Å². The largest absolute Gasteiger partial charge is 0.481 e. The van der Waals surface area contributed by atoms with Gasteiger partial charge in [-0.25, -0.2) is 4.39 Å². The zero-order chi connectivity index (χ0) is 14.1. The number of carboxylic acids is 1. The molecular weight excluding hydrogens is 231 g/mol. The van der Waals surface area contributed by atoms with Crippen molar-refractivity contribution >= 4 is 5.97 Å². The van der Waals surface area contributed by atoms with Gasteiger partial charge in [-0.2, -0.15) is 0 Å². The molecule has 1 atom stereocenters. The maximum Gasteiger partial charge on any atom is 0.312 e. The van der Waals surface area contributed by atoms with Crippen molar-refractivity contribution in [3.8, 4) is 0 Å². The number of benzene rings is 1. The quantitative estimate of drug-likeness (QED) is 0.879. The van der Waals surface area contributed by atoms with E-state index in [2.05, 4.69) is 20.8 Å². The predicted octanol–water partition coefficient (Wildman–Crippen LogP) is 4.11. The van der Waals surface area contributed by atoms with Crippen LogP contribution in [0.5, 0.6) is 0 Å². The Bertz CT molecular complexity index is 427. The maximum atomic E-state index is 14.2. The summed E-state index contributed by atoms with van der Waals surface area (Å²) >= 11 is 0. The Balaban J connectivity index is 3.03. The Morgan fingerprint density at radius 3 is 1.89 bits per heavy atom. The number of aliphatic carboxylic acids is 1. The number of hydrogen-bond acceptors (Lipinski definition) is 1. The van der Waals surface area contributed by atoms with E-state index in [1.165, 1.54) is 13.8 Å². The second-order valence-electron chi connectivity index (χ2n) is 6.26. The summed E-state index contributed by atoms with van der Waals surface area (Å²) in [6, 6.07) is 7.07. The number of carbonyl (C=O) groups is 1. The molecule has 0 spiro atoms. The van der Waals surface area contributed by atoms with E-state index in [1.54, 1.807) is 12.1 Å². The highest BCUT2D eigenvalue weighted by Crippen LogP contribution is 2.37. The summed E-state index contributed by atoms with van der Waals surface area (Å²) in [6.45, 7) is 9.04. The molecular formula is C15H21FO2. The molecule has 1 aromatic carbocycles. The van der Waals surface area contributed by atoms with Gasteiger partial charge in [0.05, 0.1) is 5.41 Å². The molecule has 0 radical (unpaired) electrons. The van der Waals surface area contributed by atoms with E-state index in [-0.39, 0.29) is 5.41 Å². The van der Waals surface area contributed by atoms with E-state index in [4.69, 9.17) is 5.11 Å². The summed E-state index contributed by atoms with van der Waals surface area (Å²) in [5, 5.41) is 9.02. The summed E-state index contributed by atoms with van der Waals surface area (Å²) in [6.07, 6.45) is -1.51. The monoisotopic (exact) mass is 252 g/mol. The molecule has 0 aromatic heterocycles. The SMILES string of the molecule is CC(C)(C)c1ccc(C(F)C(C)(C)C(=O)O)cc1. The van der Waals surface area contributed by atoms with Crippen LogP contribution in [-0.4, -0.2) is 11.1 Å². The van der Waals surface area contributed by atoms with Gasteiger partial charge < -0.3 is 5.11 Å². The van der Waals surface area contributed by atoms with Gasteiger partial charge in [0.1, 0.15) is 6.17 Å². The van der Waals surface area contributed by atoms with Gasteiger partial charge in [-0.05, 0) is 30.4 Å². The van der Waals surface area contributed by atoms with Gasteiger partial charge in [-0.15, -0.1) is 0 Å². The van der Waals surface area contributed by atoms with E-state index in [1.807, 2.05) is 12.1 Å². The van der Waals surface area contributed by atoms with Crippen molar-refractivity contribution in [1.82, 2.24) is 0 Å². The third-order valence-electron chi connectivity index (χ3n) is 3.25. The number of hydrogen-bond donors (Lipinski definition) is 1. The van der Waals surface area contributed by atoms with Gasteiger partial charge in [0, 0.05) is 0 Å². The highest BCUT2D eigenvalue weighted by atomic mass is 19.1. The minimum Gasteiger partial charge on any atom is -0.481 e. The van der Waals surface area contributed by atoms with Crippen molar-refractivity contribution in [2.24, 2.45) is 5.41 Å². The van der Waals surface area contributed by atoms with Gasteiger partial charge in [0.15, 0.2) is 0 Å². The average molecular weight is 252 g/mol. The lowest BCUT2D eigenvalue weighted by molar-refractivity contribution is -0.150. The highest BCUT2D eigenvalue weighted by Gasteiger charge is 2.38. The van der Waals surface area contributed by atoms with Gasteiger partial charge in [0.2, 0.25) is 0 Å². The number of halogens is 1. The first-order chi connectivity index (χ1) is 8.06. The Morgan fingerprint density at radius 1 is 1.11 bits per heavy atom. The van der Waals surface area contributed by atoms with Crippen LogP contribution in [0.4, 0.5) is 4.39 Å². The van der Waals surface area contributed by atoms with Gasteiger partial charge in [-0.1, -0.05) is 45.0 Å². The lowest BCUT2D eigenvalue weighted by atomic mass is 9.82. The normalized spacial score (nSPS) is 14.3. The third kappa shape index (κ3) is 2.89. The minimum atomic E-state index is -1.51. The molecule has 3 heteroatoms. The summed E-state index contributed by atoms with van der Waals surface area (Å²) in [5.41, 5.74) is 0.109. The molecule has 1 rings (SSSR count). The predicted molar refractivity (Wildman–Crippen MR) is 70.4 cm³/mol. The van der Waals surface area contributed by atoms with Crippen LogP contribution in [0.15, 0.2) is 24.3 Å². The maximum absolute atomic E-state index is 14.2. The first-order valence-corrected chi connectivity index (χ1v) is 6.04. The summed E-state index contributed by atoms with van der Waals surface area (Å²) in [7, 11) is 0. The fourth-order valence-corrected chi connectivity index (χ4v) is 1.68. The molecule has 0 saturated carbocycles. The Labute approximate surface area is 108 Å².